The number of aryl methyl sites for hydroxylation is 2. The van der Waals surface area contributed by atoms with Crippen molar-refractivity contribution in [3.63, 3.8) is 0 Å². The standard InChI is InChI=1S/C26H27FN2O6.C22H22FN3O4.CH4/c1-7-34-24(32)20-22(35-25(33)26(3,4)5)21-19(29(6)23(20)31)11-15(13-28-21)10-16-8-9-17(27)12-18(16)14(2)30;1-4-7-24-21(29)18-20(28)19-17(26(3)22(18)30)9-13(11-25-19)8-14-5-6-15(23)10-16(14)12(2)27;/h8-9,11-13H,7,10H2,1-6H3;5-6,9-11,28H,4,7-8H2,1-3H3,(H,24,29);1H4. The van der Waals surface area contributed by atoms with Gasteiger partial charge in [0.05, 0.1) is 23.1 Å². The predicted molar refractivity (Wildman–Crippen MR) is 244 cm³/mol. The molecule has 0 aliphatic heterocycles. The summed E-state index contributed by atoms with van der Waals surface area (Å²) in [6.07, 6.45) is 4.19. The van der Waals surface area contributed by atoms with Crippen LogP contribution >= 0.6 is 0 Å². The van der Waals surface area contributed by atoms with Crippen molar-refractivity contribution in [1.29, 1.82) is 0 Å². The van der Waals surface area contributed by atoms with E-state index in [4.69, 9.17) is 9.47 Å². The molecular formula is C49H53F2N5O10. The fraction of sp³-hybridized carbons (Fsp3) is 0.327. The Morgan fingerprint density at radius 2 is 1.21 bits per heavy atom. The highest BCUT2D eigenvalue weighted by atomic mass is 19.1. The number of fused-ring (bicyclic) bond motifs is 2. The molecule has 0 radical (unpaired) electrons. The molecule has 2 aromatic carbocycles. The van der Waals surface area contributed by atoms with E-state index in [1.807, 2.05) is 6.92 Å². The van der Waals surface area contributed by atoms with Gasteiger partial charge in [-0.05, 0) is 119 Å². The lowest BCUT2D eigenvalue weighted by molar-refractivity contribution is -0.142. The van der Waals surface area contributed by atoms with Gasteiger partial charge in [-0.1, -0.05) is 26.5 Å². The molecule has 4 heterocycles. The van der Waals surface area contributed by atoms with Gasteiger partial charge in [0.15, 0.2) is 28.6 Å². The summed E-state index contributed by atoms with van der Waals surface area (Å²) in [5.74, 6) is -4.52. The van der Waals surface area contributed by atoms with Crippen molar-refractivity contribution in [1.82, 2.24) is 24.4 Å². The molecule has 66 heavy (non-hydrogen) atoms. The van der Waals surface area contributed by atoms with E-state index in [1.54, 1.807) is 39.8 Å². The molecule has 2 N–H and O–H groups in total. The normalized spacial score (nSPS) is 11.0. The molecule has 6 aromatic rings. The number of Topliss-reactive ketones (excluding diaryl/α,β-unsaturated/α-hetero) is 2. The number of carbonyl (C=O) groups excluding carboxylic acids is 5. The molecule has 4 aromatic heterocycles. The SMILES string of the molecule is C.CCCNC(=O)c1c(O)c2ncc(Cc3ccc(F)cc3C(C)=O)cc2n(C)c1=O.CCOC(=O)c1c(OC(=O)C(C)(C)C)c2ncc(Cc3ccc(F)cc3C(C)=O)cc2n(C)c1=O. The van der Waals surface area contributed by atoms with Gasteiger partial charge in [-0.2, -0.15) is 0 Å². The number of carbonyl (C=O) groups is 5. The highest BCUT2D eigenvalue weighted by Crippen LogP contribution is 2.31. The van der Waals surface area contributed by atoms with Gasteiger partial charge >= 0.3 is 11.9 Å². The lowest BCUT2D eigenvalue weighted by Gasteiger charge is -2.19. The largest absolute Gasteiger partial charge is 0.505 e. The Bertz CT molecular complexity index is 3020. The number of nitrogens with one attached hydrogen (secondary N) is 1. The van der Waals surface area contributed by atoms with E-state index < -0.39 is 57.3 Å². The van der Waals surface area contributed by atoms with Gasteiger partial charge in [0, 0.05) is 44.2 Å². The molecular weight excluding hydrogens is 857 g/mol. The van der Waals surface area contributed by atoms with Crippen LogP contribution in [-0.2, 0) is 36.5 Å². The quantitative estimate of drug-likeness (QED) is 0.0914. The van der Waals surface area contributed by atoms with Crippen molar-refractivity contribution in [2.45, 2.75) is 75.2 Å². The number of hydrogen-bond donors (Lipinski definition) is 2. The van der Waals surface area contributed by atoms with Gasteiger partial charge in [0.2, 0.25) is 0 Å². The van der Waals surface area contributed by atoms with Crippen LogP contribution in [0, 0.1) is 17.0 Å². The highest BCUT2D eigenvalue weighted by Gasteiger charge is 2.31. The Morgan fingerprint density at radius 3 is 1.67 bits per heavy atom. The second kappa shape index (κ2) is 21.0. The molecule has 15 nitrogen and oxygen atoms in total. The van der Waals surface area contributed by atoms with Crippen molar-refractivity contribution < 1.29 is 47.3 Å². The number of ether oxygens (including phenoxy) is 2. The third-order valence-electron chi connectivity index (χ3n) is 10.3. The molecule has 0 atom stereocenters. The van der Waals surface area contributed by atoms with E-state index in [0.29, 0.717) is 46.3 Å². The van der Waals surface area contributed by atoms with E-state index in [1.165, 1.54) is 85.9 Å². The fourth-order valence-electron chi connectivity index (χ4n) is 6.80. The zero-order chi connectivity index (χ0) is 48.1. The third kappa shape index (κ3) is 11.1. The molecule has 0 spiro atoms. The zero-order valence-corrected chi connectivity index (χ0v) is 37.5. The third-order valence-corrected chi connectivity index (χ3v) is 10.3. The number of rotatable bonds is 12. The Kier molecular flexibility index (Phi) is 16.3. The second-order valence-corrected chi connectivity index (χ2v) is 16.3. The van der Waals surface area contributed by atoms with Crippen LogP contribution in [0.3, 0.4) is 0 Å². The van der Waals surface area contributed by atoms with E-state index in [9.17, 15) is 47.4 Å². The molecule has 0 saturated heterocycles. The predicted octanol–water partition coefficient (Wildman–Crippen LogP) is 7.34. The number of ketones is 2. The summed E-state index contributed by atoms with van der Waals surface area (Å²) in [5.41, 5.74) is 0.879. The number of benzene rings is 2. The summed E-state index contributed by atoms with van der Waals surface area (Å²) < 4.78 is 40.2. The molecule has 348 valence electrons. The number of halogens is 2. The molecule has 6 rings (SSSR count). The van der Waals surface area contributed by atoms with Gasteiger partial charge in [0.1, 0.15) is 28.2 Å². The summed E-state index contributed by atoms with van der Waals surface area (Å²) in [7, 11) is 2.96. The molecule has 1 amide bonds. The molecule has 0 fully saturated rings. The fourth-order valence-corrected chi connectivity index (χ4v) is 6.80. The Hall–Kier alpha value is -7.43. The van der Waals surface area contributed by atoms with Crippen LogP contribution in [0.1, 0.15) is 126 Å². The van der Waals surface area contributed by atoms with Gasteiger partial charge in [-0.25, -0.2) is 13.6 Å². The first-order valence-electron chi connectivity index (χ1n) is 20.6. The number of aromatic hydroxyl groups is 1. The maximum Gasteiger partial charge on any atom is 0.347 e. The van der Waals surface area contributed by atoms with Gasteiger partial charge in [-0.3, -0.25) is 38.7 Å². The first kappa shape index (κ1) is 51.2. The number of aromatic nitrogens is 4. The van der Waals surface area contributed by atoms with Crippen LogP contribution in [-0.4, -0.2) is 66.8 Å². The van der Waals surface area contributed by atoms with Crippen molar-refractivity contribution in [2.24, 2.45) is 19.5 Å². The average Bonchev–Trinajstić information content (AvgIpc) is 3.25. The van der Waals surface area contributed by atoms with Crippen LogP contribution in [0.25, 0.3) is 22.1 Å². The minimum absolute atomic E-state index is 0. The monoisotopic (exact) mass is 909 g/mol. The number of amides is 1. The first-order chi connectivity index (χ1) is 30.6. The number of pyridine rings is 4. The van der Waals surface area contributed by atoms with Crippen LogP contribution < -0.4 is 21.2 Å². The second-order valence-electron chi connectivity index (χ2n) is 16.3. The van der Waals surface area contributed by atoms with Gasteiger partial charge < -0.3 is 29.0 Å². The summed E-state index contributed by atoms with van der Waals surface area (Å²) in [4.78, 5) is 95.9. The maximum absolute atomic E-state index is 13.7. The van der Waals surface area contributed by atoms with Crippen LogP contribution in [0.4, 0.5) is 8.78 Å². The maximum atomic E-state index is 13.7. The minimum Gasteiger partial charge on any atom is -0.505 e. The van der Waals surface area contributed by atoms with Crippen LogP contribution in [0.5, 0.6) is 11.5 Å². The van der Waals surface area contributed by atoms with Crippen molar-refractivity contribution in [2.75, 3.05) is 13.2 Å². The smallest absolute Gasteiger partial charge is 0.347 e. The lowest BCUT2D eigenvalue weighted by Crippen LogP contribution is -2.33. The summed E-state index contributed by atoms with van der Waals surface area (Å²) in [6, 6.07) is 11.3. The van der Waals surface area contributed by atoms with Crippen molar-refractivity contribution >= 4 is 51.5 Å². The summed E-state index contributed by atoms with van der Waals surface area (Å²) >= 11 is 0. The summed E-state index contributed by atoms with van der Waals surface area (Å²) in [5, 5.41) is 13.1. The molecule has 0 unspecified atom stereocenters. The lowest BCUT2D eigenvalue weighted by atomic mass is 9.97. The van der Waals surface area contributed by atoms with E-state index in [-0.39, 0.29) is 71.9 Å². The van der Waals surface area contributed by atoms with E-state index in [0.717, 1.165) is 0 Å². The van der Waals surface area contributed by atoms with Crippen molar-refractivity contribution in [3.8, 4) is 11.5 Å². The minimum atomic E-state index is -0.921. The number of nitrogens with zero attached hydrogens (tertiary/aromatic N) is 4. The number of esters is 2. The van der Waals surface area contributed by atoms with Gasteiger partial charge in [0.25, 0.3) is 17.0 Å². The summed E-state index contributed by atoms with van der Waals surface area (Å²) in [6.45, 7) is 11.5. The number of hydrogen-bond acceptors (Lipinski definition) is 12. The molecule has 0 saturated carbocycles. The average molecular weight is 910 g/mol. The van der Waals surface area contributed by atoms with E-state index in [2.05, 4.69) is 15.3 Å². The first-order valence-corrected chi connectivity index (χ1v) is 20.6. The zero-order valence-electron chi connectivity index (χ0n) is 37.5. The van der Waals surface area contributed by atoms with Crippen molar-refractivity contribution in [3.05, 3.63) is 138 Å². The Balaban J connectivity index is 0.000000287. The van der Waals surface area contributed by atoms with Crippen LogP contribution in [0.15, 0.2) is 70.5 Å². The highest BCUT2D eigenvalue weighted by molar-refractivity contribution is 6.02. The molecule has 17 heteroatoms. The topological polar surface area (TPSA) is 206 Å². The van der Waals surface area contributed by atoms with E-state index >= 15 is 0 Å². The Morgan fingerprint density at radius 1 is 0.742 bits per heavy atom. The van der Waals surface area contributed by atoms with Crippen LogP contribution in [0.2, 0.25) is 0 Å². The Labute approximate surface area is 379 Å². The molecule has 0 aliphatic rings. The molecule has 0 bridgehead atoms. The molecule has 0 aliphatic carbocycles. The van der Waals surface area contributed by atoms with Gasteiger partial charge in [-0.15, -0.1) is 0 Å².